The zero-order chi connectivity index (χ0) is 26.4. The summed E-state index contributed by atoms with van der Waals surface area (Å²) in [5.41, 5.74) is 7.38. The first-order valence-corrected chi connectivity index (χ1v) is 17.3. The van der Waals surface area contributed by atoms with Gasteiger partial charge in [-0.25, -0.2) is 0 Å². The second kappa shape index (κ2) is 16.3. The van der Waals surface area contributed by atoms with E-state index in [1.807, 2.05) is 0 Å². The van der Waals surface area contributed by atoms with Crippen molar-refractivity contribution in [1.82, 2.24) is 10.3 Å². The monoisotopic (exact) mass is 526 g/mol. The van der Waals surface area contributed by atoms with Crippen LogP contribution in [0.5, 0.6) is 0 Å². The summed E-state index contributed by atoms with van der Waals surface area (Å²) in [6.07, 6.45) is 25.0. The van der Waals surface area contributed by atoms with E-state index in [1.54, 1.807) is 11.4 Å². The zero-order valence-corrected chi connectivity index (χ0v) is 24.9. The second-order valence-electron chi connectivity index (χ2n) is 9.54. The van der Waals surface area contributed by atoms with E-state index < -0.39 is 6.34 Å². The maximum Gasteiger partial charge on any atom is 0.152 e. The van der Waals surface area contributed by atoms with Gasteiger partial charge >= 0.3 is 0 Å². The van der Waals surface area contributed by atoms with E-state index in [-0.39, 0.29) is 0 Å². The predicted molar refractivity (Wildman–Crippen MR) is 163 cm³/mol. The molecule has 0 aromatic carbocycles. The van der Waals surface area contributed by atoms with E-state index in [0.29, 0.717) is 11.4 Å². The van der Waals surface area contributed by atoms with Crippen molar-refractivity contribution in [2.45, 2.75) is 97.4 Å². The van der Waals surface area contributed by atoms with Crippen LogP contribution in [0.25, 0.3) is 11.1 Å². The van der Waals surface area contributed by atoms with Crippen LogP contribution in [-0.4, -0.2) is 29.2 Å². The van der Waals surface area contributed by atoms with Crippen LogP contribution < -0.4 is 5.32 Å². The predicted octanol–water partition coefficient (Wildman–Crippen LogP) is 8.89. The summed E-state index contributed by atoms with van der Waals surface area (Å²) >= 11 is 1.69. The van der Waals surface area contributed by atoms with Crippen LogP contribution in [0.3, 0.4) is 0 Å². The molecule has 1 fully saturated rings. The molecule has 0 spiro atoms. The number of aromatic nitrogens is 1. The summed E-state index contributed by atoms with van der Waals surface area (Å²) in [4.78, 5) is 5.41. The number of terminal acetylenes is 1. The van der Waals surface area contributed by atoms with Crippen molar-refractivity contribution in [3.8, 4) is 12.3 Å². The first-order chi connectivity index (χ1) is 17.4. The summed E-state index contributed by atoms with van der Waals surface area (Å²) in [7, 11) is 0. The molecule has 2 heterocycles. The molecular weight excluding hydrogens is 479 g/mol. The van der Waals surface area contributed by atoms with Crippen LogP contribution in [0.15, 0.2) is 30.5 Å². The molecule has 1 aliphatic rings. The second-order valence-corrected chi connectivity index (χ2v) is 16.0. The van der Waals surface area contributed by atoms with E-state index in [9.17, 15) is 4.57 Å². The molecule has 1 saturated heterocycles. The molecular formula is C31H47N2OPS. The molecule has 0 amide bonds. The molecule has 2 unspecified atom stereocenters. The molecule has 2 atom stereocenters. The Bertz CT molecular complexity index is 1020. The third-order valence-corrected chi connectivity index (χ3v) is 13.1. The maximum absolute atomic E-state index is 12.3. The van der Waals surface area contributed by atoms with Crippen molar-refractivity contribution in [3.63, 3.8) is 0 Å². The van der Waals surface area contributed by atoms with Crippen molar-refractivity contribution >= 4 is 28.9 Å². The van der Waals surface area contributed by atoms with Gasteiger partial charge in [-0.05, 0) is 93.3 Å². The van der Waals surface area contributed by atoms with E-state index in [1.165, 1.54) is 27.8 Å². The highest BCUT2D eigenvalue weighted by molar-refractivity contribution is 8.74. The first-order valence-electron chi connectivity index (χ1n) is 13.9. The largest absolute Gasteiger partial charge is 0.316 e. The molecule has 1 aromatic rings. The smallest absolute Gasteiger partial charge is 0.152 e. The van der Waals surface area contributed by atoms with Gasteiger partial charge in [0, 0.05) is 18.8 Å². The summed E-state index contributed by atoms with van der Waals surface area (Å²) in [5, 5.41) is 3.62. The van der Waals surface area contributed by atoms with Gasteiger partial charge in [-0.3, -0.25) is 4.98 Å². The molecule has 1 aliphatic heterocycles. The van der Waals surface area contributed by atoms with Crippen LogP contribution in [-0.2, 0) is 17.4 Å². The number of allylic oxidation sites excluding steroid dienone is 6. The lowest BCUT2D eigenvalue weighted by Gasteiger charge is -2.20. The number of hydrogen-bond acceptors (Lipinski definition) is 4. The number of hydrogen-bond donors (Lipinski definition) is 1. The third-order valence-electron chi connectivity index (χ3n) is 6.60. The Morgan fingerprint density at radius 2 is 1.94 bits per heavy atom. The molecule has 0 saturated carbocycles. The molecule has 5 heteroatoms. The summed E-state index contributed by atoms with van der Waals surface area (Å²) in [6, 6.07) is 0. The summed E-state index contributed by atoms with van der Waals surface area (Å²) in [6.45, 7) is 12.7. The highest BCUT2D eigenvalue weighted by Gasteiger charge is 2.46. The number of nitrogens with one attached hydrogen (secondary N) is 1. The standard InChI is InChI=1S/C31H47N2OPS/c1-7-15-26(16-8-2)30-28(20-22-32-21-13-12-14-23-35(34)25(6)36-35)24-33-31(29(30)19-11-5)27(17-9-3)18-10-4/h5,7,15-17,24-25,32H,8-10,12-14,18-23H2,1-4,6H3/b15-7-,26-16+,27-17-. The number of nitrogens with zero attached hydrogens (tertiary/aromatic N) is 1. The van der Waals surface area contributed by atoms with Gasteiger partial charge in [0.15, 0.2) is 6.34 Å². The number of pyridine rings is 1. The fraction of sp³-hybridized carbons (Fsp3) is 0.581. The summed E-state index contributed by atoms with van der Waals surface area (Å²) in [5.74, 6) is 2.93. The van der Waals surface area contributed by atoms with E-state index in [2.05, 4.69) is 76.4 Å². The van der Waals surface area contributed by atoms with Gasteiger partial charge in [-0.2, -0.15) is 0 Å². The van der Waals surface area contributed by atoms with Gasteiger partial charge in [0.25, 0.3) is 0 Å². The lowest BCUT2D eigenvalue weighted by Crippen LogP contribution is -2.19. The van der Waals surface area contributed by atoms with Crippen LogP contribution in [0.4, 0.5) is 0 Å². The Labute approximate surface area is 225 Å². The van der Waals surface area contributed by atoms with Crippen molar-refractivity contribution in [2.24, 2.45) is 0 Å². The fourth-order valence-corrected chi connectivity index (χ4v) is 9.70. The average molecular weight is 527 g/mol. The van der Waals surface area contributed by atoms with Crippen LogP contribution in [0.2, 0.25) is 0 Å². The highest BCUT2D eigenvalue weighted by atomic mass is 32.8. The molecule has 0 bridgehead atoms. The fourth-order valence-electron chi connectivity index (χ4n) is 4.76. The number of unbranched alkanes of at least 4 members (excludes halogenated alkanes) is 2. The van der Waals surface area contributed by atoms with Crippen LogP contribution in [0, 0.1) is 12.3 Å². The van der Waals surface area contributed by atoms with Crippen LogP contribution >= 0.6 is 17.7 Å². The van der Waals surface area contributed by atoms with Gasteiger partial charge in [0.05, 0.1) is 10.7 Å². The molecule has 1 aromatic heterocycles. The van der Waals surface area contributed by atoms with Crippen molar-refractivity contribution in [3.05, 3.63) is 52.9 Å². The summed E-state index contributed by atoms with van der Waals surface area (Å²) < 4.78 is 12.3. The van der Waals surface area contributed by atoms with Crippen LogP contribution in [0.1, 0.15) is 102 Å². The minimum Gasteiger partial charge on any atom is -0.316 e. The van der Waals surface area contributed by atoms with Gasteiger partial charge < -0.3 is 9.88 Å². The molecule has 0 aliphatic carbocycles. The van der Waals surface area contributed by atoms with Crippen molar-refractivity contribution < 1.29 is 4.57 Å². The minimum atomic E-state index is -1.81. The highest BCUT2D eigenvalue weighted by Crippen LogP contribution is 2.84. The normalized spacial score (nSPS) is 20.2. The topological polar surface area (TPSA) is 42.0 Å². The Hall–Kier alpha value is -1.53. The lowest BCUT2D eigenvalue weighted by molar-refractivity contribution is 0.580. The van der Waals surface area contributed by atoms with E-state index in [4.69, 9.17) is 11.4 Å². The Balaban J connectivity index is 2.18. The molecule has 3 nitrogen and oxygen atoms in total. The third kappa shape index (κ3) is 9.09. The van der Waals surface area contributed by atoms with Gasteiger partial charge in [0.2, 0.25) is 0 Å². The molecule has 0 radical (unpaired) electrons. The van der Waals surface area contributed by atoms with Gasteiger partial charge in [-0.15, -0.1) is 12.3 Å². The minimum absolute atomic E-state index is 0.411. The van der Waals surface area contributed by atoms with Gasteiger partial charge in [-0.1, -0.05) is 69.3 Å². The Kier molecular flexibility index (Phi) is 13.9. The Morgan fingerprint density at radius 3 is 2.56 bits per heavy atom. The van der Waals surface area contributed by atoms with Gasteiger partial charge in [0.1, 0.15) is 0 Å². The van der Waals surface area contributed by atoms with E-state index >= 15 is 0 Å². The quantitative estimate of drug-likeness (QED) is 0.0723. The Morgan fingerprint density at radius 1 is 1.19 bits per heavy atom. The first kappa shape index (κ1) is 30.7. The maximum atomic E-state index is 12.3. The lowest BCUT2D eigenvalue weighted by atomic mass is 9.87. The zero-order valence-electron chi connectivity index (χ0n) is 23.2. The average Bonchev–Trinajstić information content (AvgIpc) is 3.46. The molecule has 2 rings (SSSR count). The van der Waals surface area contributed by atoms with Crippen molar-refractivity contribution in [1.29, 1.82) is 0 Å². The van der Waals surface area contributed by atoms with Crippen molar-refractivity contribution in [2.75, 3.05) is 19.3 Å². The molecule has 1 N–H and O–H groups in total. The molecule has 198 valence electrons. The SMILES string of the molecule is C#CCc1c(/C(=C\CC)CCC)ncc(CCNCCCCCP2(=O)SC2C)c1C(/C=C\C)=C/CC. The number of rotatable bonds is 17. The molecule has 36 heavy (non-hydrogen) atoms. The van der Waals surface area contributed by atoms with E-state index in [0.717, 1.165) is 76.3 Å².